The monoisotopic (exact) mass is 307 g/mol. The molecule has 0 bridgehead atoms. The number of hydrogen-bond donors (Lipinski definition) is 0. The molecule has 6 heteroatoms. The van der Waals surface area contributed by atoms with Crippen LogP contribution in [-0.4, -0.2) is 18.6 Å². The van der Waals surface area contributed by atoms with E-state index in [9.17, 15) is 13.2 Å². The predicted octanol–water partition coefficient (Wildman–Crippen LogP) is 2.77. The molecule has 2 aromatic rings. The van der Waals surface area contributed by atoms with Crippen LogP contribution in [0.4, 0.5) is 0 Å². The van der Waals surface area contributed by atoms with Gasteiger partial charge in [-0.25, -0.2) is 12.7 Å². The van der Waals surface area contributed by atoms with E-state index in [2.05, 4.69) is 0 Å². The summed E-state index contributed by atoms with van der Waals surface area (Å²) in [7, 11) is -3.89. The molecule has 0 saturated carbocycles. The Morgan fingerprint density at radius 3 is 2.20 bits per heavy atom. The molecular formula is C14H10ClNO3S. The molecule has 4 nitrogen and oxygen atoms in total. The molecule has 2 aromatic carbocycles. The standard InChI is InChI=1S/C14H10ClNO3S/c15-13(10-6-2-1-3-7-10)16-14(17)11-8-4-5-9-12(11)20(16,18)19/h1-9,13H. The lowest BCUT2D eigenvalue weighted by Crippen LogP contribution is -2.31. The Hall–Kier alpha value is -1.85. The number of benzene rings is 2. The highest BCUT2D eigenvalue weighted by Crippen LogP contribution is 2.38. The third-order valence-corrected chi connectivity index (χ3v) is 5.50. The van der Waals surface area contributed by atoms with Crippen LogP contribution in [0, 0.1) is 0 Å². The minimum absolute atomic E-state index is 0.00609. The zero-order chi connectivity index (χ0) is 14.3. The Balaban J connectivity index is 2.11. The molecule has 1 atom stereocenters. The molecule has 0 spiro atoms. The van der Waals surface area contributed by atoms with Crippen molar-refractivity contribution < 1.29 is 13.2 Å². The summed E-state index contributed by atoms with van der Waals surface area (Å²) in [6.45, 7) is 0. The van der Waals surface area contributed by atoms with E-state index in [-0.39, 0.29) is 10.5 Å². The van der Waals surface area contributed by atoms with Gasteiger partial charge in [-0.15, -0.1) is 0 Å². The Labute approximate surface area is 121 Å². The van der Waals surface area contributed by atoms with Gasteiger partial charge in [-0.05, 0) is 17.7 Å². The van der Waals surface area contributed by atoms with Crippen LogP contribution in [0.15, 0.2) is 59.5 Å². The van der Waals surface area contributed by atoms with Crippen molar-refractivity contribution in [2.75, 3.05) is 0 Å². The van der Waals surface area contributed by atoms with Crippen molar-refractivity contribution in [1.29, 1.82) is 0 Å². The van der Waals surface area contributed by atoms with Gasteiger partial charge in [0.05, 0.1) is 5.56 Å². The fraction of sp³-hybridized carbons (Fsp3) is 0.0714. The molecule has 3 rings (SSSR count). The molecule has 0 aromatic heterocycles. The van der Waals surface area contributed by atoms with Crippen molar-refractivity contribution in [3.63, 3.8) is 0 Å². The largest absolute Gasteiger partial charge is 0.270 e. The van der Waals surface area contributed by atoms with Crippen LogP contribution < -0.4 is 0 Å². The third kappa shape index (κ3) is 1.82. The summed E-state index contributed by atoms with van der Waals surface area (Å²) in [6.07, 6.45) is 0. The molecule has 1 aliphatic rings. The van der Waals surface area contributed by atoms with Crippen LogP contribution in [0.1, 0.15) is 21.4 Å². The number of nitrogens with zero attached hydrogens (tertiary/aromatic N) is 1. The van der Waals surface area contributed by atoms with Crippen LogP contribution >= 0.6 is 11.6 Å². The van der Waals surface area contributed by atoms with E-state index in [4.69, 9.17) is 11.6 Å². The highest BCUT2D eigenvalue weighted by Gasteiger charge is 2.44. The maximum Gasteiger partial charge on any atom is 0.270 e. The highest BCUT2D eigenvalue weighted by molar-refractivity contribution is 7.90. The first-order valence-corrected chi connectivity index (χ1v) is 7.78. The number of alkyl halides is 1. The summed E-state index contributed by atoms with van der Waals surface area (Å²) in [6, 6.07) is 14.8. The number of carbonyl (C=O) groups excluding carboxylic acids is 1. The summed E-state index contributed by atoms with van der Waals surface area (Å²) in [5, 5.41) is 0. The molecule has 0 saturated heterocycles. The number of fused-ring (bicyclic) bond motifs is 1. The minimum atomic E-state index is -3.89. The number of rotatable bonds is 2. The van der Waals surface area contributed by atoms with Crippen molar-refractivity contribution >= 4 is 27.5 Å². The smallest absolute Gasteiger partial charge is 0.268 e. The van der Waals surface area contributed by atoms with Crippen molar-refractivity contribution in [1.82, 2.24) is 4.31 Å². The van der Waals surface area contributed by atoms with Gasteiger partial charge in [-0.1, -0.05) is 54.1 Å². The van der Waals surface area contributed by atoms with Gasteiger partial charge in [0.25, 0.3) is 15.9 Å². The van der Waals surface area contributed by atoms with Gasteiger partial charge in [0.1, 0.15) is 10.4 Å². The molecule has 102 valence electrons. The second-order valence-electron chi connectivity index (χ2n) is 4.35. The Kier molecular flexibility index (Phi) is 3.03. The average molecular weight is 308 g/mol. The lowest BCUT2D eigenvalue weighted by molar-refractivity contribution is 0.0860. The van der Waals surface area contributed by atoms with Crippen molar-refractivity contribution in [3.05, 3.63) is 65.7 Å². The van der Waals surface area contributed by atoms with Gasteiger partial charge < -0.3 is 0 Å². The first-order valence-electron chi connectivity index (χ1n) is 5.90. The van der Waals surface area contributed by atoms with E-state index >= 15 is 0 Å². The molecule has 1 aliphatic heterocycles. The second-order valence-corrected chi connectivity index (χ2v) is 6.55. The minimum Gasteiger partial charge on any atom is -0.268 e. The van der Waals surface area contributed by atoms with Crippen molar-refractivity contribution in [2.45, 2.75) is 10.4 Å². The van der Waals surface area contributed by atoms with Gasteiger partial charge in [0.2, 0.25) is 0 Å². The number of sulfonamides is 1. The predicted molar refractivity (Wildman–Crippen MR) is 74.8 cm³/mol. The third-order valence-electron chi connectivity index (χ3n) is 3.14. The lowest BCUT2D eigenvalue weighted by Gasteiger charge is -2.21. The number of halogens is 1. The fourth-order valence-corrected chi connectivity index (χ4v) is 4.30. The van der Waals surface area contributed by atoms with Crippen LogP contribution in [0.25, 0.3) is 0 Å². The lowest BCUT2D eigenvalue weighted by atomic mass is 10.2. The van der Waals surface area contributed by atoms with Gasteiger partial charge in [0, 0.05) is 0 Å². The van der Waals surface area contributed by atoms with Crippen molar-refractivity contribution in [3.8, 4) is 0 Å². The van der Waals surface area contributed by atoms with Gasteiger partial charge in [0.15, 0.2) is 0 Å². The maximum absolute atomic E-state index is 12.4. The van der Waals surface area contributed by atoms with Crippen LogP contribution in [-0.2, 0) is 10.0 Å². The molecule has 0 fully saturated rings. The van der Waals surface area contributed by atoms with Crippen LogP contribution in [0.2, 0.25) is 0 Å². The van der Waals surface area contributed by atoms with E-state index in [0.29, 0.717) is 5.56 Å². The van der Waals surface area contributed by atoms with E-state index in [1.165, 1.54) is 12.1 Å². The number of amides is 1. The Bertz CT molecular complexity index is 774. The molecule has 1 amide bonds. The normalized spacial score (nSPS) is 17.9. The quantitative estimate of drug-likeness (QED) is 0.633. The molecule has 1 heterocycles. The number of hydrogen-bond acceptors (Lipinski definition) is 3. The topological polar surface area (TPSA) is 54.5 Å². The average Bonchev–Trinajstić information content (AvgIpc) is 2.67. The van der Waals surface area contributed by atoms with Gasteiger partial charge >= 0.3 is 0 Å². The second kappa shape index (κ2) is 4.61. The molecule has 1 unspecified atom stereocenters. The number of carbonyl (C=O) groups is 1. The van der Waals surface area contributed by atoms with Crippen molar-refractivity contribution in [2.24, 2.45) is 0 Å². The summed E-state index contributed by atoms with van der Waals surface area (Å²) in [5.74, 6) is -0.593. The van der Waals surface area contributed by atoms with Gasteiger partial charge in [-0.3, -0.25) is 4.79 Å². The first kappa shape index (κ1) is 13.1. The van der Waals surface area contributed by atoms with Gasteiger partial charge in [-0.2, -0.15) is 0 Å². The molecule has 0 aliphatic carbocycles. The van der Waals surface area contributed by atoms with Crippen LogP contribution in [0.3, 0.4) is 0 Å². The van der Waals surface area contributed by atoms with E-state index in [1.807, 2.05) is 0 Å². The zero-order valence-electron chi connectivity index (χ0n) is 10.2. The summed E-state index contributed by atoms with van der Waals surface area (Å²) in [5.41, 5.74) is -0.339. The summed E-state index contributed by atoms with van der Waals surface area (Å²) in [4.78, 5) is 12.3. The van der Waals surface area contributed by atoms with Crippen LogP contribution in [0.5, 0.6) is 0 Å². The first-order chi connectivity index (χ1) is 9.53. The van der Waals surface area contributed by atoms with E-state index in [0.717, 1.165) is 4.31 Å². The maximum atomic E-state index is 12.4. The highest BCUT2D eigenvalue weighted by atomic mass is 35.5. The Morgan fingerprint density at radius 1 is 0.950 bits per heavy atom. The molecular weight excluding hydrogens is 298 g/mol. The molecule has 0 N–H and O–H groups in total. The Morgan fingerprint density at radius 2 is 1.55 bits per heavy atom. The molecule has 0 radical (unpaired) electrons. The summed E-state index contributed by atoms with van der Waals surface area (Å²) >= 11 is 6.21. The van der Waals surface area contributed by atoms with E-state index in [1.54, 1.807) is 42.5 Å². The van der Waals surface area contributed by atoms with E-state index < -0.39 is 21.4 Å². The molecule has 20 heavy (non-hydrogen) atoms. The zero-order valence-corrected chi connectivity index (χ0v) is 11.8. The summed E-state index contributed by atoms with van der Waals surface area (Å²) < 4.78 is 25.6. The SMILES string of the molecule is O=C1c2ccccc2S(=O)(=O)N1C(Cl)c1ccccc1. The fourth-order valence-electron chi connectivity index (χ4n) is 2.17.